The lowest BCUT2D eigenvalue weighted by Crippen LogP contribution is -2.26. The maximum Gasteiger partial charge on any atom is 0.268 e. The van der Waals surface area contributed by atoms with Gasteiger partial charge in [0.15, 0.2) is 0 Å². The smallest absolute Gasteiger partial charge is 0.235 e. The molecule has 0 bridgehead atoms. The van der Waals surface area contributed by atoms with Crippen LogP contribution < -0.4 is 4.31 Å². The van der Waals surface area contributed by atoms with Gasteiger partial charge in [-0.1, -0.05) is 68.3 Å². The Labute approximate surface area is 168 Å². The molecule has 0 saturated heterocycles. The van der Waals surface area contributed by atoms with E-state index in [0.29, 0.717) is 11.4 Å². The van der Waals surface area contributed by atoms with Crippen molar-refractivity contribution in [2.24, 2.45) is 0 Å². The predicted molar refractivity (Wildman–Crippen MR) is 117 cm³/mol. The van der Waals surface area contributed by atoms with Gasteiger partial charge in [-0.2, -0.15) is 0 Å². The zero-order chi connectivity index (χ0) is 20.5. The monoisotopic (exact) mass is 393 g/mol. The highest BCUT2D eigenvalue weighted by Crippen LogP contribution is 2.33. The first-order chi connectivity index (χ1) is 13.1. The van der Waals surface area contributed by atoms with Gasteiger partial charge in [-0.05, 0) is 61.2 Å². The molecule has 0 heterocycles. The van der Waals surface area contributed by atoms with Crippen LogP contribution in [0.2, 0.25) is 0 Å². The summed E-state index contributed by atoms with van der Waals surface area (Å²) in [5.74, 6) is 0. The average molecular weight is 394 g/mol. The van der Waals surface area contributed by atoms with E-state index in [9.17, 15) is 8.42 Å². The Hall–Kier alpha value is -2.59. The van der Waals surface area contributed by atoms with Crippen LogP contribution in [-0.4, -0.2) is 8.42 Å². The summed E-state index contributed by atoms with van der Waals surface area (Å²) in [6, 6.07) is 22.3. The van der Waals surface area contributed by atoms with Crippen molar-refractivity contribution in [2.45, 2.75) is 44.9 Å². The third-order valence-corrected chi connectivity index (χ3v) is 6.57. The van der Waals surface area contributed by atoms with Crippen LogP contribution in [0.3, 0.4) is 0 Å². The topological polar surface area (TPSA) is 37.4 Å². The average Bonchev–Trinajstić information content (AvgIpc) is 2.64. The fourth-order valence-electron chi connectivity index (χ4n) is 3.02. The number of sulfonamides is 1. The molecule has 0 radical (unpaired) electrons. The number of nitrogens with zero attached hydrogens (tertiary/aromatic N) is 1. The van der Waals surface area contributed by atoms with Crippen molar-refractivity contribution in [3.05, 3.63) is 89.5 Å². The number of hydrogen-bond acceptors (Lipinski definition) is 2. The minimum atomic E-state index is -3.76. The largest absolute Gasteiger partial charge is 0.268 e. The molecular weight excluding hydrogens is 366 g/mol. The molecule has 0 aliphatic heterocycles. The summed E-state index contributed by atoms with van der Waals surface area (Å²) < 4.78 is 28.6. The van der Waals surface area contributed by atoms with Gasteiger partial charge in [-0.15, -0.1) is 0 Å². The van der Waals surface area contributed by atoms with Gasteiger partial charge in [-0.3, -0.25) is 0 Å². The molecule has 0 fully saturated rings. The Kier molecular flexibility index (Phi) is 5.35. The first-order valence-corrected chi connectivity index (χ1v) is 10.8. The number of benzene rings is 3. The molecule has 0 aromatic heterocycles. The van der Waals surface area contributed by atoms with E-state index in [4.69, 9.17) is 0 Å². The first kappa shape index (κ1) is 20.2. The van der Waals surface area contributed by atoms with E-state index in [1.54, 1.807) is 12.1 Å². The summed E-state index contributed by atoms with van der Waals surface area (Å²) in [6.07, 6.45) is 0. The van der Waals surface area contributed by atoms with E-state index < -0.39 is 10.0 Å². The predicted octanol–water partition coefficient (Wildman–Crippen LogP) is 6.13. The van der Waals surface area contributed by atoms with Gasteiger partial charge in [0.05, 0.1) is 16.3 Å². The van der Waals surface area contributed by atoms with Crippen molar-refractivity contribution in [2.75, 3.05) is 4.31 Å². The maximum absolute atomic E-state index is 13.6. The summed E-state index contributed by atoms with van der Waals surface area (Å²) in [5, 5.41) is 0. The third kappa shape index (κ3) is 4.12. The maximum atomic E-state index is 13.6. The Morgan fingerprint density at radius 3 is 1.39 bits per heavy atom. The van der Waals surface area contributed by atoms with Gasteiger partial charge < -0.3 is 0 Å². The van der Waals surface area contributed by atoms with E-state index in [2.05, 4.69) is 20.8 Å². The lowest BCUT2D eigenvalue weighted by molar-refractivity contribution is 0.586. The Morgan fingerprint density at radius 1 is 0.643 bits per heavy atom. The summed E-state index contributed by atoms with van der Waals surface area (Å²) in [4.78, 5) is 0.279. The van der Waals surface area contributed by atoms with Crippen molar-refractivity contribution in [1.82, 2.24) is 0 Å². The number of anilines is 2. The van der Waals surface area contributed by atoms with E-state index in [1.807, 2.05) is 74.5 Å². The quantitative estimate of drug-likeness (QED) is 0.535. The van der Waals surface area contributed by atoms with Gasteiger partial charge in [0.2, 0.25) is 0 Å². The Balaban J connectivity index is 2.13. The standard InChI is InChI=1S/C24H27NO2S/c1-18-6-12-21(13-7-18)25(22-14-8-19(2)9-15-22)28(26,27)23-16-10-20(11-17-23)24(3,4)5/h6-17H,1-5H3. The molecule has 0 spiro atoms. The zero-order valence-electron chi connectivity index (χ0n) is 17.1. The van der Waals surface area contributed by atoms with Gasteiger partial charge in [-0.25, -0.2) is 12.7 Å². The molecule has 0 aliphatic rings. The van der Waals surface area contributed by atoms with Gasteiger partial charge in [0.1, 0.15) is 0 Å². The van der Waals surface area contributed by atoms with Gasteiger partial charge in [0, 0.05) is 0 Å². The van der Waals surface area contributed by atoms with E-state index in [0.717, 1.165) is 16.7 Å². The number of aryl methyl sites for hydroxylation is 2. The third-order valence-electron chi connectivity index (χ3n) is 4.80. The van der Waals surface area contributed by atoms with Crippen LogP contribution in [-0.2, 0) is 15.4 Å². The molecule has 146 valence electrons. The molecule has 3 aromatic carbocycles. The van der Waals surface area contributed by atoms with Crippen LogP contribution in [0, 0.1) is 13.8 Å². The summed E-state index contributed by atoms with van der Waals surface area (Å²) in [7, 11) is -3.76. The Morgan fingerprint density at radius 2 is 1.04 bits per heavy atom. The molecule has 4 heteroatoms. The summed E-state index contributed by atoms with van der Waals surface area (Å²) >= 11 is 0. The highest BCUT2D eigenvalue weighted by Gasteiger charge is 2.27. The second-order valence-corrected chi connectivity index (χ2v) is 10.0. The Bertz CT molecular complexity index is 998. The molecule has 28 heavy (non-hydrogen) atoms. The molecular formula is C24H27NO2S. The van der Waals surface area contributed by atoms with E-state index >= 15 is 0 Å². The van der Waals surface area contributed by atoms with Gasteiger partial charge >= 0.3 is 0 Å². The van der Waals surface area contributed by atoms with Crippen molar-refractivity contribution in [3.8, 4) is 0 Å². The van der Waals surface area contributed by atoms with Crippen LogP contribution in [0.25, 0.3) is 0 Å². The fraction of sp³-hybridized carbons (Fsp3) is 0.250. The van der Waals surface area contributed by atoms with Crippen molar-refractivity contribution >= 4 is 21.4 Å². The van der Waals surface area contributed by atoms with Crippen molar-refractivity contribution < 1.29 is 8.42 Å². The lowest BCUT2D eigenvalue weighted by Gasteiger charge is -2.26. The van der Waals surface area contributed by atoms with Gasteiger partial charge in [0.25, 0.3) is 10.0 Å². The van der Waals surface area contributed by atoms with Crippen LogP contribution >= 0.6 is 0 Å². The molecule has 0 unspecified atom stereocenters. The summed E-state index contributed by atoms with van der Waals surface area (Å²) in [5.41, 5.74) is 4.47. The second-order valence-electron chi connectivity index (χ2n) is 8.21. The molecule has 0 N–H and O–H groups in total. The normalized spacial score (nSPS) is 12.0. The van der Waals surface area contributed by atoms with Crippen LogP contribution in [0.1, 0.15) is 37.5 Å². The molecule has 3 aromatic rings. The van der Waals surface area contributed by atoms with Crippen molar-refractivity contribution in [3.63, 3.8) is 0 Å². The molecule has 0 atom stereocenters. The van der Waals surface area contributed by atoms with Crippen LogP contribution in [0.5, 0.6) is 0 Å². The van der Waals surface area contributed by atoms with Crippen molar-refractivity contribution in [1.29, 1.82) is 0 Å². The molecule has 3 rings (SSSR count). The fourth-order valence-corrected chi connectivity index (χ4v) is 4.51. The van der Waals surface area contributed by atoms with Crippen LogP contribution in [0.15, 0.2) is 77.7 Å². The second kappa shape index (κ2) is 7.44. The van der Waals surface area contributed by atoms with E-state index in [1.165, 1.54) is 4.31 Å². The zero-order valence-corrected chi connectivity index (χ0v) is 17.9. The first-order valence-electron chi connectivity index (χ1n) is 9.38. The molecule has 0 saturated carbocycles. The van der Waals surface area contributed by atoms with Crippen LogP contribution in [0.4, 0.5) is 11.4 Å². The molecule has 3 nitrogen and oxygen atoms in total. The molecule has 0 aliphatic carbocycles. The highest BCUT2D eigenvalue weighted by atomic mass is 32.2. The summed E-state index contributed by atoms with van der Waals surface area (Å²) in [6.45, 7) is 10.3. The molecule has 0 amide bonds. The van der Waals surface area contributed by atoms with E-state index in [-0.39, 0.29) is 10.3 Å². The lowest BCUT2D eigenvalue weighted by atomic mass is 9.87. The highest BCUT2D eigenvalue weighted by molar-refractivity contribution is 7.93. The minimum Gasteiger partial charge on any atom is -0.235 e. The minimum absolute atomic E-state index is 0.0319. The number of rotatable bonds is 4. The number of hydrogen-bond donors (Lipinski definition) is 0. The SMILES string of the molecule is Cc1ccc(N(c2ccc(C)cc2)S(=O)(=O)c2ccc(C(C)(C)C)cc2)cc1.